The Bertz CT molecular complexity index is 727. The van der Waals surface area contributed by atoms with Gasteiger partial charge in [-0.3, -0.25) is 4.79 Å². The number of carbonyl (C=O) groups is 1. The molecule has 1 N–H and O–H groups in total. The van der Waals surface area contributed by atoms with Crippen molar-refractivity contribution in [1.29, 1.82) is 0 Å². The van der Waals surface area contributed by atoms with E-state index in [4.69, 9.17) is 9.47 Å². The number of hydrogen-bond acceptors (Lipinski definition) is 4. The fraction of sp³-hybridized carbons (Fsp3) is 0.429. The van der Waals surface area contributed by atoms with Crippen molar-refractivity contribution in [2.75, 3.05) is 6.61 Å². The predicted molar refractivity (Wildman–Crippen MR) is 101 cm³/mol. The van der Waals surface area contributed by atoms with Gasteiger partial charge in [-0.05, 0) is 61.9 Å². The molecule has 1 heterocycles. The molecule has 1 amide bonds. The molecule has 0 atom stereocenters. The minimum atomic E-state index is -0.123. The van der Waals surface area contributed by atoms with Gasteiger partial charge in [-0.1, -0.05) is 13.0 Å². The van der Waals surface area contributed by atoms with E-state index in [1.165, 1.54) is 12.8 Å². The fourth-order valence-corrected chi connectivity index (χ4v) is 3.03. The van der Waals surface area contributed by atoms with Crippen molar-refractivity contribution in [3.63, 3.8) is 0 Å². The largest absolute Gasteiger partial charge is 0.494 e. The van der Waals surface area contributed by atoms with Gasteiger partial charge in [-0.25, -0.2) is 4.98 Å². The van der Waals surface area contributed by atoms with Crippen LogP contribution in [-0.4, -0.2) is 23.6 Å². The van der Waals surface area contributed by atoms with Crippen LogP contribution < -0.4 is 14.8 Å². The number of hydrogen-bond donors (Lipinski definition) is 1. The highest BCUT2D eigenvalue weighted by Gasteiger charge is 2.17. The minimum Gasteiger partial charge on any atom is -0.494 e. The van der Waals surface area contributed by atoms with Crippen molar-refractivity contribution in [2.45, 2.75) is 51.7 Å². The Kier molecular flexibility index (Phi) is 6.47. The first kappa shape index (κ1) is 18.2. The van der Waals surface area contributed by atoms with E-state index < -0.39 is 0 Å². The molecule has 1 aromatic carbocycles. The van der Waals surface area contributed by atoms with Gasteiger partial charge in [0, 0.05) is 24.4 Å². The van der Waals surface area contributed by atoms with Crippen LogP contribution in [0.3, 0.4) is 0 Å². The number of aromatic nitrogens is 1. The molecule has 138 valence electrons. The van der Waals surface area contributed by atoms with Crippen LogP contribution in [0.15, 0.2) is 42.6 Å². The lowest BCUT2D eigenvalue weighted by Crippen LogP contribution is -2.23. The molecule has 0 unspecified atom stereocenters. The molecule has 26 heavy (non-hydrogen) atoms. The van der Waals surface area contributed by atoms with Gasteiger partial charge in [-0.15, -0.1) is 0 Å². The molecule has 1 aromatic heterocycles. The van der Waals surface area contributed by atoms with Crippen LogP contribution in [-0.2, 0) is 6.54 Å². The third kappa shape index (κ3) is 5.22. The Morgan fingerprint density at radius 2 is 2.08 bits per heavy atom. The molecule has 5 heteroatoms. The highest BCUT2D eigenvalue weighted by atomic mass is 16.5. The van der Waals surface area contributed by atoms with E-state index in [2.05, 4.69) is 17.2 Å². The van der Waals surface area contributed by atoms with Crippen molar-refractivity contribution < 1.29 is 14.3 Å². The van der Waals surface area contributed by atoms with E-state index in [0.717, 1.165) is 30.6 Å². The Morgan fingerprint density at radius 3 is 2.88 bits per heavy atom. The van der Waals surface area contributed by atoms with E-state index in [1.54, 1.807) is 18.3 Å². The summed E-state index contributed by atoms with van der Waals surface area (Å²) in [5, 5.41) is 2.94. The smallest absolute Gasteiger partial charge is 0.251 e. The van der Waals surface area contributed by atoms with Crippen LogP contribution in [0.25, 0.3) is 0 Å². The van der Waals surface area contributed by atoms with Crippen molar-refractivity contribution in [1.82, 2.24) is 10.3 Å². The van der Waals surface area contributed by atoms with Gasteiger partial charge in [-0.2, -0.15) is 0 Å². The first-order valence-corrected chi connectivity index (χ1v) is 9.37. The molecule has 0 radical (unpaired) electrons. The summed E-state index contributed by atoms with van der Waals surface area (Å²) in [6.45, 7) is 3.13. The van der Waals surface area contributed by atoms with Gasteiger partial charge < -0.3 is 14.8 Å². The lowest BCUT2D eigenvalue weighted by molar-refractivity contribution is 0.0950. The number of carbonyl (C=O) groups excluding carboxylic acids is 1. The highest BCUT2D eigenvalue weighted by molar-refractivity contribution is 5.94. The van der Waals surface area contributed by atoms with E-state index in [-0.39, 0.29) is 12.0 Å². The molecular weight excluding hydrogens is 328 g/mol. The third-order valence-electron chi connectivity index (χ3n) is 4.41. The maximum Gasteiger partial charge on any atom is 0.251 e. The molecule has 0 aliphatic heterocycles. The Balaban J connectivity index is 1.55. The van der Waals surface area contributed by atoms with Crippen molar-refractivity contribution in [3.8, 4) is 11.6 Å². The molecule has 1 aliphatic carbocycles. The first-order valence-electron chi connectivity index (χ1n) is 9.37. The third-order valence-corrected chi connectivity index (χ3v) is 4.41. The molecule has 3 rings (SSSR count). The molecular formula is C21H26N2O3. The second kappa shape index (κ2) is 9.22. The fourth-order valence-electron chi connectivity index (χ4n) is 3.03. The topological polar surface area (TPSA) is 60.5 Å². The van der Waals surface area contributed by atoms with Gasteiger partial charge in [0.2, 0.25) is 5.88 Å². The number of amides is 1. The van der Waals surface area contributed by atoms with E-state index in [0.29, 0.717) is 24.6 Å². The second-order valence-corrected chi connectivity index (χ2v) is 6.59. The van der Waals surface area contributed by atoms with Crippen LogP contribution >= 0.6 is 0 Å². The molecule has 1 saturated carbocycles. The van der Waals surface area contributed by atoms with E-state index in [9.17, 15) is 4.79 Å². The van der Waals surface area contributed by atoms with Crippen molar-refractivity contribution >= 4 is 5.91 Å². The summed E-state index contributed by atoms with van der Waals surface area (Å²) in [6, 6.07) is 11.0. The number of nitrogens with one attached hydrogen (secondary N) is 1. The zero-order valence-electron chi connectivity index (χ0n) is 15.2. The van der Waals surface area contributed by atoms with Crippen LogP contribution in [0.5, 0.6) is 11.6 Å². The minimum absolute atomic E-state index is 0.123. The van der Waals surface area contributed by atoms with Gasteiger partial charge in [0.15, 0.2) is 0 Å². The first-order chi connectivity index (χ1) is 12.7. The lowest BCUT2D eigenvalue weighted by Gasteiger charge is -2.13. The molecule has 1 aliphatic rings. The average molecular weight is 354 g/mol. The Labute approximate surface area is 154 Å². The van der Waals surface area contributed by atoms with Crippen molar-refractivity contribution in [3.05, 3.63) is 53.7 Å². The van der Waals surface area contributed by atoms with Gasteiger partial charge in [0.1, 0.15) is 11.9 Å². The summed E-state index contributed by atoms with van der Waals surface area (Å²) in [4.78, 5) is 16.7. The molecule has 0 saturated heterocycles. The summed E-state index contributed by atoms with van der Waals surface area (Å²) in [7, 11) is 0. The Morgan fingerprint density at radius 1 is 1.23 bits per heavy atom. The van der Waals surface area contributed by atoms with E-state index in [1.807, 2.05) is 24.3 Å². The summed E-state index contributed by atoms with van der Waals surface area (Å²) >= 11 is 0. The standard InChI is InChI=1S/C21H26N2O3/c1-2-12-25-19-9-5-6-17(14-19)21(24)23-15-16-10-11-22-20(13-16)26-18-7-3-4-8-18/h5-6,9-11,13-14,18H,2-4,7-8,12,15H2,1H3,(H,23,24). The number of benzene rings is 1. The average Bonchev–Trinajstić information content (AvgIpc) is 3.18. The highest BCUT2D eigenvalue weighted by Crippen LogP contribution is 2.23. The number of ether oxygens (including phenoxy) is 2. The summed E-state index contributed by atoms with van der Waals surface area (Å²) in [5.41, 5.74) is 1.56. The number of pyridine rings is 1. The van der Waals surface area contributed by atoms with Gasteiger partial charge in [0.05, 0.1) is 6.61 Å². The quantitative estimate of drug-likeness (QED) is 0.774. The normalized spacial score (nSPS) is 14.2. The zero-order valence-corrected chi connectivity index (χ0v) is 15.2. The van der Waals surface area contributed by atoms with Gasteiger partial charge >= 0.3 is 0 Å². The number of rotatable bonds is 8. The summed E-state index contributed by atoms with van der Waals surface area (Å²) < 4.78 is 11.5. The summed E-state index contributed by atoms with van der Waals surface area (Å²) in [6.07, 6.45) is 7.58. The summed E-state index contributed by atoms with van der Waals surface area (Å²) in [5.74, 6) is 1.23. The molecule has 0 bridgehead atoms. The van der Waals surface area contributed by atoms with Crippen LogP contribution in [0, 0.1) is 0 Å². The Hall–Kier alpha value is -2.56. The van der Waals surface area contributed by atoms with Crippen LogP contribution in [0.2, 0.25) is 0 Å². The van der Waals surface area contributed by atoms with Crippen LogP contribution in [0.4, 0.5) is 0 Å². The second-order valence-electron chi connectivity index (χ2n) is 6.59. The maximum absolute atomic E-state index is 12.4. The predicted octanol–water partition coefficient (Wildman–Crippen LogP) is 4.12. The lowest BCUT2D eigenvalue weighted by atomic mass is 10.2. The molecule has 5 nitrogen and oxygen atoms in total. The number of nitrogens with zero attached hydrogens (tertiary/aromatic N) is 1. The molecule has 0 spiro atoms. The molecule has 2 aromatic rings. The van der Waals surface area contributed by atoms with E-state index >= 15 is 0 Å². The van der Waals surface area contributed by atoms with Crippen LogP contribution in [0.1, 0.15) is 54.9 Å². The van der Waals surface area contributed by atoms with Gasteiger partial charge in [0.25, 0.3) is 5.91 Å². The SMILES string of the molecule is CCCOc1cccc(C(=O)NCc2ccnc(OC3CCCC3)c2)c1. The monoisotopic (exact) mass is 354 g/mol. The van der Waals surface area contributed by atoms with Crippen molar-refractivity contribution in [2.24, 2.45) is 0 Å². The maximum atomic E-state index is 12.4. The zero-order chi connectivity index (χ0) is 18.2. The molecule has 1 fully saturated rings.